The summed E-state index contributed by atoms with van der Waals surface area (Å²) in [6.45, 7) is 4.63. The fourth-order valence-corrected chi connectivity index (χ4v) is 7.74. The highest BCUT2D eigenvalue weighted by Gasteiger charge is 2.34. The second-order valence-corrected chi connectivity index (χ2v) is 11.4. The van der Waals surface area contributed by atoms with E-state index in [0.717, 1.165) is 11.8 Å². The van der Waals surface area contributed by atoms with E-state index in [9.17, 15) is 0 Å². The van der Waals surface area contributed by atoms with Crippen LogP contribution in [-0.2, 0) is 0 Å². The van der Waals surface area contributed by atoms with Gasteiger partial charge in [0.1, 0.15) is 0 Å². The van der Waals surface area contributed by atoms with Crippen LogP contribution >= 0.6 is 16.0 Å². The third kappa shape index (κ3) is 4.26. The smallest absolute Gasteiger partial charge is 0.00802 e. The van der Waals surface area contributed by atoms with E-state index in [4.69, 9.17) is 5.50 Å². The van der Waals surface area contributed by atoms with Crippen LogP contribution in [0.4, 0.5) is 0 Å². The van der Waals surface area contributed by atoms with Crippen LogP contribution in [0.2, 0.25) is 0 Å². The molecule has 1 nitrogen and oxygen atoms in total. The Morgan fingerprint density at radius 3 is 2.00 bits per heavy atom. The van der Waals surface area contributed by atoms with E-state index in [1.807, 2.05) is 0 Å². The Hall–Kier alpha value is -0.740. The maximum Gasteiger partial charge on any atom is -0.00802 e. The van der Waals surface area contributed by atoms with E-state index in [2.05, 4.69) is 74.3 Å². The van der Waals surface area contributed by atoms with Gasteiger partial charge in [-0.3, -0.25) is 0 Å². The van der Waals surface area contributed by atoms with E-state index in [1.54, 1.807) is 0 Å². The third-order valence-corrected chi connectivity index (χ3v) is 9.88. The lowest BCUT2D eigenvalue weighted by atomic mass is 9.95. The number of nitrogens with two attached hydrogens (primary N) is 1. The Morgan fingerprint density at radius 1 is 0.958 bits per heavy atom. The molecule has 0 radical (unpaired) electrons. The molecule has 24 heavy (non-hydrogen) atoms. The van der Waals surface area contributed by atoms with Gasteiger partial charge in [0.25, 0.3) is 0 Å². The van der Waals surface area contributed by atoms with Crippen LogP contribution in [0, 0.1) is 11.8 Å². The maximum atomic E-state index is 6.30. The van der Waals surface area contributed by atoms with Gasteiger partial charge in [-0.25, -0.2) is 0 Å². The van der Waals surface area contributed by atoms with Gasteiger partial charge in [0, 0.05) is 0 Å². The van der Waals surface area contributed by atoms with Gasteiger partial charge in [0.2, 0.25) is 0 Å². The van der Waals surface area contributed by atoms with Gasteiger partial charge >= 0.3 is 0 Å². The lowest BCUT2D eigenvalue weighted by Crippen LogP contribution is -2.26. The van der Waals surface area contributed by atoms with Crippen LogP contribution in [0.15, 0.2) is 60.7 Å². The number of hydrogen-bond acceptors (Lipinski definition) is 1. The summed E-state index contributed by atoms with van der Waals surface area (Å²) in [5.74, 6) is 1.66. The minimum absolute atomic E-state index is 0.266. The molecular formula is C21H29NP2. The van der Waals surface area contributed by atoms with Gasteiger partial charge in [-0.05, 0) is 69.8 Å². The van der Waals surface area contributed by atoms with Gasteiger partial charge in [0.15, 0.2) is 0 Å². The Labute approximate surface area is 149 Å². The molecule has 0 aromatic heterocycles. The van der Waals surface area contributed by atoms with Gasteiger partial charge in [-0.15, -0.1) is 0 Å². The van der Waals surface area contributed by atoms with Crippen molar-refractivity contribution in [2.45, 2.75) is 31.8 Å². The highest BCUT2D eigenvalue weighted by molar-refractivity contribution is 7.73. The number of benzene rings is 2. The second kappa shape index (κ2) is 8.57. The minimum Gasteiger partial charge on any atom is -0.310 e. The summed E-state index contributed by atoms with van der Waals surface area (Å²) in [5.41, 5.74) is 6.99. The van der Waals surface area contributed by atoms with E-state index < -0.39 is 0 Å². The highest BCUT2D eigenvalue weighted by Crippen LogP contribution is 2.48. The van der Waals surface area contributed by atoms with Crippen molar-refractivity contribution in [3.05, 3.63) is 60.7 Å². The maximum absolute atomic E-state index is 6.30. The van der Waals surface area contributed by atoms with Crippen LogP contribution < -0.4 is 16.1 Å². The first-order valence-corrected chi connectivity index (χ1v) is 12.5. The normalized spacial score (nSPS) is 23.3. The zero-order valence-corrected chi connectivity index (χ0v) is 16.6. The fraction of sp³-hybridized carbons (Fsp3) is 0.429. The molecule has 3 rings (SSSR count). The Bertz CT molecular complexity index is 575. The van der Waals surface area contributed by atoms with Crippen molar-refractivity contribution < 1.29 is 0 Å². The molecule has 4 atom stereocenters. The van der Waals surface area contributed by atoms with E-state index >= 15 is 0 Å². The zero-order valence-electron chi connectivity index (χ0n) is 14.8. The molecule has 2 aromatic carbocycles. The lowest BCUT2D eigenvalue weighted by Gasteiger charge is -2.31. The molecule has 1 saturated carbocycles. The van der Waals surface area contributed by atoms with Gasteiger partial charge < -0.3 is 5.50 Å². The van der Waals surface area contributed by atoms with Gasteiger partial charge in [-0.2, -0.15) is 0 Å². The summed E-state index contributed by atoms with van der Waals surface area (Å²) in [5, 5.41) is 3.03. The molecule has 0 bridgehead atoms. The van der Waals surface area contributed by atoms with Gasteiger partial charge in [0.05, 0.1) is 0 Å². The van der Waals surface area contributed by atoms with E-state index in [-0.39, 0.29) is 16.0 Å². The predicted molar refractivity (Wildman–Crippen MR) is 111 cm³/mol. The van der Waals surface area contributed by atoms with Crippen LogP contribution in [-0.4, -0.2) is 18.5 Å². The number of rotatable bonds is 6. The van der Waals surface area contributed by atoms with E-state index in [0.29, 0.717) is 5.66 Å². The topological polar surface area (TPSA) is 26.0 Å². The molecule has 2 N–H and O–H groups in total. The van der Waals surface area contributed by atoms with Gasteiger partial charge in [-0.1, -0.05) is 74.0 Å². The molecule has 3 heteroatoms. The molecule has 128 valence electrons. The summed E-state index contributed by atoms with van der Waals surface area (Å²) < 4.78 is 0. The van der Waals surface area contributed by atoms with Crippen molar-refractivity contribution in [1.29, 1.82) is 0 Å². The zero-order chi connectivity index (χ0) is 16.9. The molecule has 2 aromatic rings. The molecule has 0 amide bonds. The summed E-state index contributed by atoms with van der Waals surface area (Å²) in [6.07, 6.45) is 5.47. The van der Waals surface area contributed by atoms with Crippen molar-refractivity contribution in [3.63, 3.8) is 0 Å². The first kappa shape index (κ1) is 18.1. The molecule has 1 aliphatic rings. The quantitative estimate of drug-likeness (QED) is 0.731. The molecule has 0 spiro atoms. The van der Waals surface area contributed by atoms with Crippen molar-refractivity contribution in [2.24, 2.45) is 17.3 Å². The molecule has 0 aliphatic heterocycles. The molecule has 0 saturated heterocycles. The number of hydrogen-bond donors (Lipinski definition) is 1. The van der Waals surface area contributed by atoms with Crippen LogP contribution in [0.5, 0.6) is 0 Å². The van der Waals surface area contributed by atoms with Crippen molar-refractivity contribution in [2.75, 3.05) is 12.8 Å². The molecule has 3 unspecified atom stereocenters. The molecule has 1 fully saturated rings. The van der Waals surface area contributed by atoms with Crippen LogP contribution in [0.25, 0.3) is 0 Å². The van der Waals surface area contributed by atoms with E-state index in [1.165, 1.54) is 36.0 Å². The average Bonchev–Trinajstić information content (AvgIpc) is 3.08. The Balaban J connectivity index is 1.84. The molecular weight excluding hydrogens is 328 g/mol. The summed E-state index contributed by atoms with van der Waals surface area (Å²) in [7, 11) is -0.592. The summed E-state index contributed by atoms with van der Waals surface area (Å²) >= 11 is 0. The van der Waals surface area contributed by atoms with Crippen molar-refractivity contribution >= 4 is 26.6 Å². The summed E-state index contributed by atoms with van der Waals surface area (Å²) in [6, 6.07) is 22.3. The SMILES string of the molecule is CC([C@H]1CCCC1CP(c1ccccc1)c1ccccc1)P(C)N. The van der Waals surface area contributed by atoms with Crippen LogP contribution in [0.3, 0.4) is 0 Å². The van der Waals surface area contributed by atoms with Crippen LogP contribution in [0.1, 0.15) is 26.2 Å². The molecule has 0 heterocycles. The predicted octanol–water partition coefficient (Wildman–Crippen LogP) is 4.91. The second-order valence-electron chi connectivity index (χ2n) is 7.04. The third-order valence-electron chi connectivity index (χ3n) is 5.53. The monoisotopic (exact) mass is 357 g/mol. The average molecular weight is 357 g/mol. The van der Waals surface area contributed by atoms with Crippen molar-refractivity contribution in [1.82, 2.24) is 0 Å². The first-order chi connectivity index (χ1) is 11.7. The first-order valence-electron chi connectivity index (χ1n) is 9.02. The lowest BCUT2D eigenvalue weighted by molar-refractivity contribution is 0.418. The van der Waals surface area contributed by atoms with Crippen molar-refractivity contribution in [3.8, 4) is 0 Å². The molecule has 1 aliphatic carbocycles. The Kier molecular flexibility index (Phi) is 6.45. The minimum atomic E-state index is -0.326. The highest BCUT2D eigenvalue weighted by atomic mass is 31.1. The summed E-state index contributed by atoms with van der Waals surface area (Å²) in [4.78, 5) is 0. The Morgan fingerprint density at radius 2 is 1.50 bits per heavy atom. The standard InChI is InChI=1S/C21H29NP2/c1-17(23(2)22)21-15-9-10-18(21)16-24(19-11-5-3-6-12-19)20-13-7-4-8-14-20/h3-8,11-14,17-18,21H,9-10,15-16,22H2,1-2H3/t17?,18?,21-,23?/m1/s1. The fourth-order valence-electron chi connectivity index (χ4n) is 4.04. The largest absolute Gasteiger partial charge is 0.310 e.